The third-order valence-corrected chi connectivity index (χ3v) is 4.15. The number of morpholine rings is 1. The molecule has 1 aromatic heterocycles. The van der Waals surface area contributed by atoms with Gasteiger partial charge in [0.2, 0.25) is 0 Å². The molecule has 5 nitrogen and oxygen atoms in total. The lowest BCUT2D eigenvalue weighted by Crippen LogP contribution is -2.37. The predicted molar refractivity (Wildman–Crippen MR) is 84.0 cm³/mol. The molecule has 5 heteroatoms. The summed E-state index contributed by atoms with van der Waals surface area (Å²) < 4.78 is 10.9. The minimum absolute atomic E-state index is 0.274. The fourth-order valence-electron chi connectivity index (χ4n) is 2.86. The third-order valence-electron chi connectivity index (χ3n) is 4.15. The summed E-state index contributed by atoms with van der Waals surface area (Å²) in [5.41, 5.74) is 0.552. The minimum atomic E-state index is -0.274. The van der Waals surface area contributed by atoms with Crippen LogP contribution in [0.15, 0.2) is 30.5 Å². The van der Waals surface area contributed by atoms with Crippen molar-refractivity contribution >= 4 is 11.8 Å². The number of nitrogens with zero attached hydrogens (tertiary/aromatic N) is 2. The molecule has 1 atom stereocenters. The summed E-state index contributed by atoms with van der Waals surface area (Å²) >= 11 is 0. The van der Waals surface area contributed by atoms with E-state index in [0.717, 1.165) is 32.4 Å². The van der Waals surface area contributed by atoms with Gasteiger partial charge in [0.1, 0.15) is 11.4 Å². The zero-order chi connectivity index (χ0) is 15.2. The van der Waals surface area contributed by atoms with Crippen molar-refractivity contribution in [2.75, 3.05) is 37.8 Å². The molecule has 0 bridgehead atoms. The van der Waals surface area contributed by atoms with Crippen LogP contribution in [-0.4, -0.2) is 43.9 Å². The third kappa shape index (κ3) is 3.65. The number of anilines is 1. The summed E-state index contributed by atoms with van der Waals surface area (Å²) in [6.07, 6.45) is 9.24. The Kier molecular flexibility index (Phi) is 5.06. The van der Waals surface area contributed by atoms with Crippen LogP contribution in [0.2, 0.25) is 0 Å². The Morgan fingerprint density at radius 2 is 2.23 bits per heavy atom. The first-order chi connectivity index (χ1) is 10.8. The Hall–Kier alpha value is -1.88. The largest absolute Gasteiger partial charge is 0.462 e. The van der Waals surface area contributed by atoms with E-state index in [4.69, 9.17) is 9.47 Å². The highest BCUT2D eigenvalue weighted by molar-refractivity contribution is 5.94. The summed E-state index contributed by atoms with van der Waals surface area (Å²) in [6, 6.07) is 3.57. The maximum absolute atomic E-state index is 12.4. The zero-order valence-electron chi connectivity index (χ0n) is 12.7. The number of hydrogen-bond donors (Lipinski definition) is 0. The maximum atomic E-state index is 12.4. The number of carbonyl (C=O) groups excluding carboxylic acids is 1. The van der Waals surface area contributed by atoms with Gasteiger partial charge in [-0.05, 0) is 37.3 Å². The second kappa shape index (κ2) is 7.40. The lowest BCUT2D eigenvalue weighted by Gasteiger charge is -2.29. The average Bonchev–Trinajstić information content (AvgIpc) is 2.61. The summed E-state index contributed by atoms with van der Waals surface area (Å²) in [5.74, 6) is 0.876. The molecule has 2 aliphatic rings. The van der Waals surface area contributed by atoms with E-state index in [2.05, 4.69) is 22.0 Å². The van der Waals surface area contributed by atoms with Crippen LogP contribution in [0, 0.1) is 5.92 Å². The molecule has 0 spiro atoms. The second-order valence-corrected chi connectivity index (χ2v) is 5.72. The Labute approximate surface area is 130 Å². The molecule has 118 valence electrons. The van der Waals surface area contributed by atoms with Gasteiger partial charge in [0.25, 0.3) is 0 Å². The highest BCUT2D eigenvalue weighted by atomic mass is 16.5. The molecule has 2 heterocycles. The first-order valence-corrected chi connectivity index (χ1v) is 7.94. The van der Waals surface area contributed by atoms with Gasteiger partial charge in [-0.2, -0.15) is 0 Å². The number of rotatable bonds is 4. The van der Waals surface area contributed by atoms with Gasteiger partial charge in [-0.25, -0.2) is 9.78 Å². The number of hydrogen-bond acceptors (Lipinski definition) is 5. The van der Waals surface area contributed by atoms with Crippen LogP contribution >= 0.6 is 0 Å². The standard InChI is InChI=1S/C17H22N2O3/c20-17(22-13-14-5-2-1-3-6-14)15-7-4-8-18-16(15)19-9-11-21-12-10-19/h1-2,4,7-8,14H,3,5-6,9-13H2. The van der Waals surface area contributed by atoms with Crippen LogP contribution in [0.3, 0.4) is 0 Å². The summed E-state index contributed by atoms with van der Waals surface area (Å²) in [6.45, 7) is 3.33. The topological polar surface area (TPSA) is 51.7 Å². The van der Waals surface area contributed by atoms with E-state index in [0.29, 0.717) is 37.1 Å². The molecule has 22 heavy (non-hydrogen) atoms. The molecule has 0 radical (unpaired) electrons. The van der Waals surface area contributed by atoms with E-state index in [-0.39, 0.29) is 5.97 Å². The van der Waals surface area contributed by atoms with E-state index in [1.54, 1.807) is 18.3 Å². The van der Waals surface area contributed by atoms with Gasteiger partial charge in [0.05, 0.1) is 19.8 Å². The molecular weight excluding hydrogens is 280 g/mol. The first kappa shape index (κ1) is 15.0. The van der Waals surface area contributed by atoms with E-state index < -0.39 is 0 Å². The minimum Gasteiger partial charge on any atom is -0.462 e. The molecule has 1 aliphatic heterocycles. The van der Waals surface area contributed by atoms with Crippen LogP contribution in [0.4, 0.5) is 5.82 Å². The summed E-state index contributed by atoms with van der Waals surface area (Å²) in [4.78, 5) is 18.9. The quantitative estimate of drug-likeness (QED) is 0.631. The normalized spacial score (nSPS) is 21.6. The zero-order valence-corrected chi connectivity index (χ0v) is 12.7. The highest BCUT2D eigenvalue weighted by Crippen LogP contribution is 2.22. The Balaban J connectivity index is 1.65. The van der Waals surface area contributed by atoms with E-state index in [1.165, 1.54) is 0 Å². The van der Waals surface area contributed by atoms with Gasteiger partial charge in [-0.3, -0.25) is 0 Å². The number of esters is 1. The highest BCUT2D eigenvalue weighted by Gasteiger charge is 2.21. The Morgan fingerprint density at radius 3 is 3.00 bits per heavy atom. The van der Waals surface area contributed by atoms with Crippen molar-refractivity contribution < 1.29 is 14.3 Å². The summed E-state index contributed by atoms with van der Waals surface area (Å²) in [7, 11) is 0. The molecule has 1 saturated heterocycles. The molecule has 1 unspecified atom stereocenters. The van der Waals surface area contributed by atoms with Crippen molar-refractivity contribution in [3.63, 3.8) is 0 Å². The van der Waals surface area contributed by atoms with Gasteiger partial charge in [0, 0.05) is 19.3 Å². The van der Waals surface area contributed by atoms with Crippen molar-refractivity contribution in [3.05, 3.63) is 36.0 Å². The van der Waals surface area contributed by atoms with Crippen LogP contribution in [0.5, 0.6) is 0 Å². The number of carbonyl (C=O) groups is 1. The maximum Gasteiger partial charge on any atom is 0.341 e. The molecule has 0 N–H and O–H groups in total. The van der Waals surface area contributed by atoms with Gasteiger partial charge in [-0.15, -0.1) is 0 Å². The molecule has 0 amide bonds. The van der Waals surface area contributed by atoms with E-state index in [9.17, 15) is 4.79 Å². The van der Waals surface area contributed by atoms with E-state index in [1.807, 2.05) is 0 Å². The Morgan fingerprint density at radius 1 is 1.36 bits per heavy atom. The van der Waals surface area contributed by atoms with Crippen LogP contribution in [0.25, 0.3) is 0 Å². The van der Waals surface area contributed by atoms with Crippen molar-refractivity contribution in [3.8, 4) is 0 Å². The molecule has 0 saturated carbocycles. The van der Waals surface area contributed by atoms with Crippen molar-refractivity contribution in [1.29, 1.82) is 0 Å². The molecule has 3 rings (SSSR count). The lowest BCUT2D eigenvalue weighted by atomic mass is 9.95. The van der Waals surface area contributed by atoms with Crippen molar-refractivity contribution in [1.82, 2.24) is 4.98 Å². The van der Waals surface area contributed by atoms with Crippen LogP contribution in [-0.2, 0) is 9.47 Å². The number of allylic oxidation sites excluding steroid dienone is 2. The fourth-order valence-corrected chi connectivity index (χ4v) is 2.86. The average molecular weight is 302 g/mol. The Bertz CT molecular complexity index is 538. The monoisotopic (exact) mass is 302 g/mol. The molecular formula is C17H22N2O3. The second-order valence-electron chi connectivity index (χ2n) is 5.72. The van der Waals surface area contributed by atoms with Crippen molar-refractivity contribution in [2.24, 2.45) is 5.92 Å². The van der Waals surface area contributed by atoms with Crippen LogP contribution < -0.4 is 4.90 Å². The summed E-state index contributed by atoms with van der Waals surface area (Å²) in [5, 5.41) is 0. The van der Waals surface area contributed by atoms with Gasteiger partial charge in [-0.1, -0.05) is 12.2 Å². The van der Waals surface area contributed by atoms with Gasteiger partial charge in [0.15, 0.2) is 0 Å². The van der Waals surface area contributed by atoms with E-state index >= 15 is 0 Å². The lowest BCUT2D eigenvalue weighted by molar-refractivity contribution is 0.0431. The van der Waals surface area contributed by atoms with Crippen molar-refractivity contribution in [2.45, 2.75) is 19.3 Å². The number of pyridine rings is 1. The number of ether oxygens (including phenoxy) is 2. The van der Waals surface area contributed by atoms with Gasteiger partial charge >= 0.3 is 5.97 Å². The van der Waals surface area contributed by atoms with Gasteiger partial charge < -0.3 is 14.4 Å². The SMILES string of the molecule is O=C(OCC1CC=CCC1)c1cccnc1N1CCOCC1. The molecule has 1 aromatic rings. The fraction of sp³-hybridized carbons (Fsp3) is 0.529. The molecule has 1 fully saturated rings. The number of aromatic nitrogens is 1. The molecule has 1 aliphatic carbocycles. The van der Waals surface area contributed by atoms with Crippen LogP contribution in [0.1, 0.15) is 29.6 Å². The molecule has 0 aromatic carbocycles. The first-order valence-electron chi connectivity index (χ1n) is 7.94. The predicted octanol–water partition coefficient (Wildman–Crippen LogP) is 2.43. The smallest absolute Gasteiger partial charge is 0.341 e.